The topological polar surface area (TPSA) is 108 Å². The standard InChI is InChI=1S/C19H21F3N2O5S/c1-28-17-10-13(5-7-16(17)29-12-19(20,21)22)6-8-18(25)24-15-4-2-3-14(9-15)11-30(23,26)27/h2-5,7,9-10H,6,8,11-12H2,1H3,(H,24,25)(H2,23,26,27). The zero-order valence-electron chi connectivity index (χ0n) is 16.0. The van der Waals surface area contributed by atoms with Crippen molar-refractivity contribution in [1.29, 1.82) is 0 Å². The van der Waals surface area contributed by atoms with Crippen molar-refractivity contribution in [3.8, 4) is 11.5 Å². The van der Waals surface area contributed by atoms with Crippen molar-refractivity contribution in [2.45, 2.75) is 24.8 Å². The predicted molar refractivity (Wildman–Crippen MR) is 105 cm³/mol. The van der Waals surface area contributed by atoms with Gasteiger partial charge >= 0.3 is 6.18 Å². The van der Waals surface area contributed by atoms with Crippen molar-refractivity contribution < 1.29 is 35.9 Å². The summed E-state index contributed by atoms with van der Waals surface area (Å²) in [5.74, 6) is -0.583. The number of carbonyl (C=O) groups is 1. The molecule has 164 valence electrons. The number of primary sulfonamides is 1. The molecule has 0 aliphatic rings. The SMILES string of the molecule is COc1cc(CCC(=O)Nc2cccc(CS(N)(=O)=O)c2)ccc1OCC(F)(F)F. The normalized spacial score (nSPS) is 11.8. The molecule has 3 N–H and O–H groups in total. The highest BCUT2D eigenvalue weighted by Gasteiger charge is 2.29. The Morgan fingerprint density at radius 2 is 1.83 bits per heavy atom. The van der Waals surface area contributed by atoms with Gasteiger partial charge in [-0.15, -0.1) is 0 Å². The number of hydrogen-bond donors (Lipinski definition) is 2. The largest absolute Gasteiger partial charge is 0.493 e. The second-order valence-electron chi connectivity index (χ2n) is 6.44. The monoisotopic (exact) mass is 446 g/mol. The number of carbonyl (C=O) groups excluding carboxylic acids is 1. The molecule has 0 fully saturated rings. The minimum absolute atomic E-state index is 0.0466. The van der Waals surface area contributed by atoms with Gasteiger partial charge in [0.25, 0.3) is 0 Å². The number of sulfonamides is 1. The minimum Gasteiger partial charge on any atom is -0.493 e. The van der Waals surface area contributed by atoms with Gasteiger partial charge in [-0.05, 0) is 41.8 Å². The fraction of sp³-hybridized carbons (Fsp3) is 0.316. The number of alkyl halides is 3. The van der Waals surface area contributed by atoms with Crippen molar-refractivity contribution >= 4 is 21.6 Å². The number of nitrogens with one attached hydrogen (secondary N) is 1. The van der Waals surface area contributed by atoms with Crippen LogP contribution >= 0.6 is 0 Å². The van der Waals surface area contributed by atoms with E-state index >= 15 is 0 Å². The van der Waals surface area contributed by atoms with Gasteiger partial charge in [-0.25, -0.2) is 13.6 Å². The summed E-state index contributed by atoms with van der Waals surface area (Å²) < 4.78 is 69.0. The second kappa shape index (κ2) is 9.81. The first-order valence-corrected chi connectivity index (χ1v) is 10.4. The van der Waals surface area contributed by atoms with Crippen LogP contribution in [0.2, 0.25) is 0 Å². The number of nitrogens with two attached hydrogens (primary N) is 1. The van der Waals surface area contributed by atoms with Gasteiger partial charge in [0, 0.05) is 12.1 Å². The number of hydrogen-bond acceptors (Lipinski definition) is 5. The number of ether oxygens (including phenoxy) is 2. The Kier molecular flexibility index (Phi) is 7.68. The number of halogens is 3. The Hall–Kier alpha value is -2.79. The molecular formula is C19H21F3N2O5S. The van der Waals surface area contributed by atoms with Gasteiger partial charge in [0.1, 0.15) is 0 Å². The summed E-state index contributed by atoms with van der Waals surface area (Å²) in [6, 6.07) is 10.7. The summed E-state index contributed by atoms with van der Waals surface area (Å²) in [6.07, 6.45) is -4.07. The number of methoxy groups -OCH3 is 1. The fourth-order valence-electron chi connectivity index (χ4n) is 2.60. The van der Waals surface area contributed by atoms with Crippen LogP contribution in [0.15, 0.2) is 42.5 Å². The molecule has 7 nitrogen and oxygen atoms in total. The molecule has 2 aromatic rings. The Bertz CT molecular complexity index is 994. The van der Waals surface area contributed by atoms with E-state index in [9.17, 15) is 26.4 Å². The van der Waals surface area contributed by atoms with Crippen molar-refractivity contribution in [3.63, 3.8) is 0 Å². The molecule has 11 heteroatoms. The molecule has 2 aromatic carbocycles. The third-order valence-electron chi connectivity index (χ3n) is 3.84. The van der Waals surface area contributed by atoms with Crippen LogP contribution in [0.5, 0.6) is 11.5 Å². The Morgan fingerprint density at radius 1 is 1.10 bits per heavy atom. The van der Waals surface area contributed by atoms with E-state index in [0.717, 1.165) is 0 Å². The summed E-state index contributed by atoms with van der Waals surface area (Å²) in [5.41, 5.74) is 1.54. The summed E-state index contributed by atoms with van der Waals surface area (Å²) >= 11 is 0. The molecule has 0 heterocycles. The molecule has 0 aromatic heterocycles. The lowest BCUT2D eigenvalue weighted by Gasteiger charge is -2.13. The zero-order chi connectivity index (χ0) is 22.4. The quantitative estimate of drug-likeness (QED) is 0.616. The average molecular weight is 446 g/mol. The molecule has 0 aliphatic carbocycles. The van der Waals surface area contributed by atoms with Crippen molar-refractivity contribution in [2.75, 3.05) is 19.0 Å². The van der Waals surface area contributed by atoms with Gasteiger partial charge < -0.3 is 14.8 Å². The van der Waals surface area contributed by atoms with Crippen LogP contribution in [0, 0.1) is 0 Å². The maximum atomic E-state index is 12.3. The highest BCUT2D eigenvalue weighted by Crippen LogP contribution is 2.30. The maximum Gasteiger partial charge on any atom is 0.422 e. The summed E-state index contributed by atoms with van der Waals surface area (Å²) in [5, 5.41) is 7.68. The van der Waals surface area contributed by atoms with E-state index in [1.165, 1.54) is 25.3 Å². The van der Waals surface area contributed by atoms with Crippen molar-refractivity contribution in [1.82, 2.24) is 0 Å². The second-order valence-corrected chi connectivity index (χ2v) is 8.06. The van der Waals surface area contributed by atoms with Crippen LogP contribution in [0.1, 0.15) is 17.5 Å². The number of benzene rings is 2. The lowest BCUT2D eigenvalue weighted by Crippen LogP contribution is -2.19. The average Bonchev–Trinajstić information content (AvgIpc) is 2.63. The lowest BCUT2D eigenvalue weighted by atomic mass is 10.1. The van der Waals surface area contributed by atoms with Gasteiger partial charge in [0.05, 0.1) is 12.9 Å². The lowest BCUT2D eigenvalue weighted by molar-refractivity contribution is -0.153. The van der Waals surface area contributed by atoms with E-state index in [2.05, 4.69) is 5.32 Å². The molecule has 0 aliphatic heterocycles. The molecule has 30 heavy (non-hydrogen) atoms. The molecule has 2 rings (SSSR count). The van der Waals surface area contributed by atoms with Gasteiger partial charge in [-0.2, -0.15) is 13.2 Å². The van der Waals surface area contributed by atoms with Gasteiger partial charge in [-0.1, -0.05) is 18.2 Å². The Balaban J connectivity index is 1.95. The van der Waals surface area contributed by atoms with Crippen molar-refractivity contribution in [3.05, 3.63) is 53.6 Å². The zero-order valence-corrected chi connectivity index (χ0v) is 16.8. The third kappa shape index (κ3) is 8.29. The predicted octanol–water partition coefficient (Wildman–Crippen LogP) is 3.00. The molecular weight excluding hydrogens is 425 g/mol. The summed E-state index contributed by atoms with van der Waals surface area (Å²) in [4.78, 5) is 12.2. The maximum absolute atomic E-state index is 12.3. The molecule has 0 spiro atoms. The molecule has 0 saturated heterocycles. The number of anilines is 1. The summed E-state index contributed by atoms with van der Waals surface area (Å²) in [6.45, 7) is -1.43. The first kappa shape index (κ1) is 23.5. The highest BCUT2D eigenvalue weighted by molar-refractivity contribution is 7.88. The molecule has 0 saturated carbocycles. The minimum atomic E-state index is -4.46. The number of rotatable bonds is 9. The molecule has 1 amide bonds. The smallest absolute Gasteiger partial charge is 0.422 e. The van der Waals surface area contributed by atoms with E-state index in [-0.39, 0.29) is 29.6 Å². The number of amides is 1. The Morgan fingerprint density at radius 3 is 2.47 bits per heavy atom. The van der Waals surface area contributed by atoms with Crippen molar-refractivity contribution in [2.24, 2.45) is 5.14 Å². The van der Waals surface area contributed by atoms with Gasteiger partial charge in [0.2, 0.25) is 15.9 Å². The van der Waals surface area contributed by atoms with E-state index < -0.39 is 22.8 Å². The first-order valence-electron chi connectivity index (χ1n) is 8.71. The molecule has 0 bridgehead atoms. The van der Waals surface area contributed by atoms with E-state index in [1.54, 1.807) is 24.3 Å². The van der Waals surface area contributed by atoms with Crippen LogP contribution in [0.3, 0.4) is 0 Å². The fourth-order valence-corrected chi connectivity index (χ4v) is 3.24. The van der Waals surface area contributed by atoms with Crippen LogP contribution in [-0.4, -0.2) is 34.2 Å². The van der Waals surface area contributed by atoms with E-state index in [1.807, 2.05) is 0 Å². The summed E-state index contributed by atoms with van der Waals surface area (Å²) in [7, 11) is -2.38. The van der Waals surface area contributed by atoms with E-state index in [0.29, 0.717) is 23.2 Å². The highest BCUT2D eigenvalue weighted by atomic mass is 32.2. The molecule has 0 unspecified atom stereocenters. The molecule has 0 atom stereocenters. The van der Waals surface area contributed by atoms with Crippen LogP contribution in [0.25, 0.3) is 0 Å². The number of aryl methyl sites for hydroxylation is 1. The Labute approximate surface area is 172 Å². The van der Waals surface area contributed by atoms with E-state index in [4.69, 9.17) is 14.6 Å². The molecule has 0 radical (unpaired) electrons. The van der Waals surface area contributed by atoms with Crippen LogP contribution < -0.4 is 19.9 Å². The van der Waals surface area contributed by atoms with Gasteiger partial charge in [-0.3, -0.25) is 4.79 Å². The first-order chi connectivity index (χ1) is 13.9. The van der Waals surface area contributed by atoms with Crippen LogP contribution in [0.4, 0.5) is 18.9 Å². The third-order valence-corrected chi connectivity index (χ3v) is 4.57. The van der Waals surface area contributed by atoms with Gasteiger partial charge in [0.15, 0.2) is 18.1 Å². The van der Waals surface area contributed by atoms with Crippen LogP contribution in [-0.2, 0) is 27.0 Å².